The number of rotatable bonds is 7. The second-order valence-corrected chi connectivity index (χ2v) is 6.34. The van der Waals surface area contributed by atoms with Crippen LogP contribution < -0.4 is 5.32 Å². The lowest BCUT2D eigenvalue weighted by Crippen LogP contribution is -2.47. The Morgan fingerprint density at radius 1 is 1.45 bits per heavy atom. The highest BCUT2D eigenvalue weighted by molar-refractivity contribution is 7.99. The summed E-state index contributed by atoms with van der Waals surface area (Å²) in [5, 5.41) is 11.8. The zero-order valence-corrected chi connectivity index (χ0v) is 13.3. The van der Waals surface area contributed by atoms with Crippen LogP contribution in [0.4, 0.5) is 4.79 Å². The van der Waals surface area contributed by atoms with Crippen molar-refractivity contribution >= 4 is 23.8 Å². The quantitative estimate of drug-likeness (QED) is 0.693. The van der Waals surface area contributed by atoms with E-state index in [0.29, 0.717) is 24.2 Å². The van der Waals surface area contributed by atoms with Crippen molar-refractivity contribution in [3.05, 3.63) is 0 Å². The number of thioether (sulfide) groups is 1. The Morgan fingerprint density at radius 2 is 2.15 bits per heavy atom. The molecular weight excluding hydrogens is 278 g/mol. The van der Waals surface area contributed by atoms with E-state index in [2.05, 4.69) is 31.1 Å². The van der Waals surface area contributed by atoms with Crippen molar-refractivity contribution in [2.75, 3.05) is 31.8 Å². The van der Waals surface area contributed by atoms with Crippen molar-refractivity contribution in [3.63, 3.8) is 0 Å². The Morgan fingerprint density at radius 3 is 2.75 bits per heavy atom. The van der Waals surface area contributed by atoms with Gasteiger partial charge in [0.1, 0.15) is 6.04 Å². The summed E-state index contributed by atoms with van der Waals surface area (Å²) in [7, 11) is 2.09. The molecule has 0 aliphatic carbocycles. The number of urea groups is 1. The van der Waals surface area contributed by atoms with Gasteiger partial charge < -0.3 is 20.2 Å². The molecule has 0 spiro atoms. The van der Waals surface area contributed by atoms with Gasteiger partial charge in [0.2, 0.25) is 0 Å². The molecule has 2 N–H and O–H groups in total. The summed E-state index contributed by atoms with van der Waals surface area (Å²) in [5.74, 6) is 0.00425. The lowest BCUT2D eigenvalue weighted by molar-refractivity contribution is -0.140. The van der Waals surface area contributed by atoms with Gasteiger partial charge in [-0.25, -0.2) is 9.59 Å². The molecule has 1 saturated heterocycles. The number of nitrogens with one attached hydrogen (secondary N) is 1. The number of nitrogens with zero attached hydrogens (tertiary/aromatic N) is 2. The van der Waals surface area contributed by atoms with Crippen molar-refractivity contribution in [1.82, 2.24) is 15.1 Å². The van der Waals surface area contributed by atoms with Gasteiger partial charge in [-0.15, -0.1) is 11.8 Å². The molecule has 1 fully saturated rings. The first-order chi connectivity index (χ1) is 9.43. The highest BCUT2D eigenvalue weighted by Gasteiger charge is 2.34. The molecule has 0 bridgehead atoms. The second-order valence-electron chi connectivity index (χ2n) is 5.34. The van der Waals surface area contributed by atoms with Crippen LogP contribution in [0.3, 0.4) is 0 Å². The topological polar surface area (TPSA) is 72.9 Å². The molecule has 0 aromatic carbocycles. The minimum Gasteiger partial charge on any atom is -0.480 e. The summed E-state index contributed by atoms with van der Waals surface area (Å²) in [5.41, 5.74) is 0. The summed E-state index contributed by atoms with van der Waals surface area (Å²) in [6.07, 6.45) is 1.92. The fourth-order valence-corrected chi connectivity index (χ4v) is 3.03. The number of aliphatic carboxylic acids is 1. The van der Waals surface area contributed by atoms with Crippen LogP contribution in [-0.4, -0.2) is 70.8 Å². The van der Waals surface area contributed by atoms with E-state index >= 15 is 0 Å². The lowest BCUT2D eigenvalue weighted by atomic mass is 10.2. The molecule has 1 aliphatic heterocycles. The first-order valence-corrected chi connectivity index (χ1v) is 8.14. The molecule has 0 radical (unpaired) electrons. The normalized spacial score (nSPS) is 18.9. The molecule has 0 unspecified atom stereocenters. The van der Waals surface area contributed by atoms with E-state index in [1.54, 1.807) is 0 Å². The summed E-state index contributed by atoms with van der Waals surface area (Å²) in [6.45, 7) is 5.90. The van der Waals surface area contributed by atoms with E-state index in [1.165, 1.54) is 16.7 Å². The Hall–Kier alpha value is -0.950. The summed E-state index contributed by atoms with van der Waals surface area (Å²) in [4.78, 5) is 26.5. The van der Waals surface area contributed by atoms with Gasteiger partial charge in [0.15, 0.2) is 0 Å². The van der Waals surface area contributed by atoms with Gasteiger partial charge in [0.05, 0.1) is 5.88 Å². The Bertz CT molecular complexity index is 339. The van der Waals surface area contributed by atoms with Crippen LogP contribution in [0, 0.1) is 0 Å². The van der Waals surface area contributed by atoms with Crippen LogP contribution in [0.2, 0.25) is 0 Å². The molecular formula is C13H25N3O3S. The summed E-state index contributed by atoms with van der Waals surface area (Å²) < 4.78 is 0. The lowest BCUT2D eigenvalue weighted by Gasteiger charge is -2.22. The largest absolute Gasteiger partial charge is 0.480 e. The number of amides is 2. The average Bonchev–Trinajstić information content (AvgIpc) is 2.87. The first-order valence-electron chi connectivity index (χ1n) is 6.98. The molecule has 6 nitrogen and oxygen atoms in total. The maximum absolute atomic E-state index is 11.9. The Labute approximate surface area is 124 Å². The van der Waals surface area contributed by atoms with Gasteiger partial charge in [0, 0.05) is 18.3 Å². The molecule has 0 aromatic rings. The van der Waals surface area contributed by atoms with Crippen molar-refractivity contribution < 1.29 is 14.7 Å². The minimum atomic E-state index is -0.927. The van der Waals surface area contributed by atoms with Gasteiger partial charge in [-0.2, -0.15) is 0 Å². The number of carbonyl (C=O) groups excluding carboxylic acids is 1. The molecule has 20 heavy (non-hydrogen) atoms. The molecule has 0 saturated carbocycles. The van der Waals surface area contributed by atoms with Gasteiger partial charge in [0.25, 0.3) is 0 Å². The molecule has 1 rings (SSSR count). The van der Waals surface area contributed by atoms with Gasteiger partial charge >= 0.3 is 12.0 Å². The van der Waals surface area contributed by atoms with Crippen LogP contribution in [0.25, 0.3) is 0 Å². The minimum absolute atomic E-state index is 0.264. The average molecular weight is 303 g/mol. The van der Waals surface area contributed by atoms with E-state index in [9.17, 15) is 9.59 Å². The Kier molecular flexibility index (Phi) is 7.15. The molecule has 116 valence electrons. The Balaban J connectivity index is 2.19. The van der Waals surface area contributed by atoms with Gasteiger partial charge in [-0.1, -0.05) is 0 Å². The van der Waals surface area contributed by atoms with Crippen molar-refractivity contribution in [3.8, 4) is 0 Å². The number of unbranched alkanes of at least 4 members (excludes halogenated alkanes) is 1. The molecule has 7 heteroatoms. The molecule has 1 aliphatic rings. The third-order valence-electron chi connectivity index (χ3n) is 3.52. The van der Waals surface area contributed by atoms with Crippen LogP contribution in [-0.2, 0) is 4.79 Å². The first kappa shape index (κ1) is 17.1. The van der Waals surface area contributed by atoms with E-state index in [1.807, 2.05) is 0 Å². The SMILES string of the molecule is CC(C)N(C)CCCCNC(=O)N1CSC[C@H]1C(=O)O. The summed E-state index contributed by atoms with van der Waals surface area (Å²) >= 11 is 1.48. The van der Waals surface area contributed by atoms with E-state index < -0.39 is 12.0 Å². The second kappa shape index (κ2) is 8.36. The zero-order valence-electron chi connectivity index (χ0n) is 12.5. The number of carbonyl (C=O) groups is 2. The van der Waals surface area contributed by atoms with E-state index in [4.69, 9.17) is 5.11 Å². The summed E-state index contributed by atoms with van der Waals surface area (Å²) in [6, 6.07) is -0.422. The van der Waals surface area contributed by atoms with Crippen molar-refractivity contribution in [2.45, 2.75) is 38.8 Å². The number of carboxylic acid groups (broad SMARTS) is 1. The molecule has 2 amide bonds. The molecule has 0 aromatic heterocycles. The number of carboxylic acids is 1. The predicted molar refractivity (Wildman–Crippen MR) is 81.0 cm³/mol. The standard InChI is InChI=1S/C13H25N3O3S/c1-10(2)15(3)7-5-4-6-14-13(19)16-9-20-8-11(16)12(17)18/h10-11H,4-9H2,1-3H3,(H,14,19)(H,17,18)/t11-/m0/s1. The molecule has 1 heterocycles. The third-order valence-corrected chi connectivity index (χ3v) is 4.54. The van der Waals surface area contributed by atoms with Gasteiger partial charge in [-0.3, -0.25) is 0 Å². The highest BCUT2D eigenvalue weighted by atomic mass is 32.2. The zero-order chi connectivity index (χ0) is 15.1. The van der Waals surface area contributed by atoms with E-state index in [0.717, 1.165) is 19.4 Å². The number of hydrogen-bond acceptors (Lipinski definition) is 4. The van der Waals surface area contributed by atoms with Crippen LogP contribution >= 0.6 is 11.8 Å². The van der Waals surface area contributed by atoms with Crippen molar-refractivity contribution in [2.24, 2.45) is 0 Å². The predicted octanol–water partition coefficient (Wildman–Crippen LogP) is 1.28. The maximum Gasteiger partial charge on any atom is 0.327 e. The maximum atomic E-state index is 11.9. The highest BCUT2D eigenvalue weighted by Crippen LogP contribution is 2.20. The van der Waals surface area contributed by atoms with Crippen LogP contribution in [0.1, 0.15) is 26.7 Å². The fraction of sp³-hybridized carbons (Fsp3) is 0.846. The smallest absolute Gasteiger partial charge is 0.327 e. The van der Waals surface area contributed by atoms with Crippen LogP contribution in [0.5, 0.6) is 0 Å². The van der Waals surface area contributed by atoms with Crippen LogP contribution in [0.15, 0.2) is 0 Å². The van der Waals surface area contributed by atoms with Crippen molar-refractivity contribution in [1.29, 1.82) is 0 Å². The van der Waals surface area contributed by atoms with Gasteiger partial charge in [-0.05, 0) is 40.3 Å². The third kappa shape index (κ3) is 5.20. The number of hydrogen-bond donors (Lipinski definition) is 2. The molecule has 1 atom stereocenters. The fourth-order valence-electron chi connectivity index (χ4n) is 1.89. The van der Waals surface area contributed by atoms with E-state index in [-0.39, 0.29) is 6.03 Å². The monoisotopic (exact) mass is 303 g/mol.